The monoisotopic (exact) mass is 306 g/mol. The van der Waals surface area contributed by atoms with Crippen LogP contribution in [0.4, 0.5) is 0 Å². The van der Waals surface area contributed by atoms with Crippen molar-refractivity contribution in [1.82, 2.24) is 9.80 Å². The second-order valence-electron chi connectivity index (χ2n) is 7.40. The summed E-state index contributed by atoms with van der Waals surface area (Å²) in [5, 5.41) is 0. The molecule has 0 unspecified atom stereocenters. The van der Waals surface area contributed by atoms with E-state index in [9.17, 15) is 9.59 Å². The van der Waals surface area contributed by atoms with Gasteiger partial charge in [-0.25, -0.2) is 0 Å². The van der Waals surface area contributed by atoms with Crippen LogP contribution >= 0.6 is 0 Å². The summed E-state index contributed by atoms with van der Waals surface area (Å²) in [5.74, 6) is 1.51. The fourth-order valence-electron chi connectivity index (χ4n) is 4.31. The highest BCUT2D eigenvalue weighted by Crippen LogP contribution is 2.28. The highest BCUT2D eigenvalue weighted by atomic mass is 16.2. The Morgan fingerprint density at radius 2 is 1.36 bits per heavy atom. The lowest BCUT2D eigenvalue weighted by molar-refractivity contribution is -0.138. The normalized spacial score (nSPS) is 24.7. The molecular weight excluding hydrogens is 276 g/mol. The Balaban J connectivity index is 1.41. The molecular formula is C18H30N2O2. The van der Waals surface area contributed by atoms with Crippen LogP contribution < -0.4 is 0 Å². The quantitative estimate of drug-likeness (QED) is 0.804. The van der Waals surface area contributed by atoms with Crippen LogP contribution in [0.15, 0.2) is 0 Å². The molecule has 0 aromatic heterocycles. The minimum absolute atomic E-state index is 0.288. The van der Waals surface area contributed by atoms with Gasteiger partial charge in [-0.05, 0) is 44.4 Å². The first kappa shape index (κ1) is 15.8. The van der Waals surface area contributed by atoms with Gasteiger partial charge in [-0.15, -0.1) is 0 Å². The molecule has 3 aliphatic rings. The molecule has 0 bridgehead atoms. The van der Waals surface area contributed by atoms with Crippen LogP contribution in [0.5, 0.6) is 0 Å². The first-order valence-corrected chi connectivity index (χ1v) is 9.30. The van der Waals surface area contributed by atoms with E-state index in [1.807, 2.05) is 4.90 Å². The summed E-state index contributed by atoms with van der Waals surface area (Å²) in [6, 6.07) is 0. The molecule has 2 aliphatic heterocycles. The van der Waals surface area contributed by atoms with Gasteiger partial charge < -0.3 is 9.80 Å². The molecule has 2 heterocycles. The van der Waals surface area contributed by atoms with E-state index < -0.39 is 0 Å². The lowest BCUT2D eigenvalue weighted by Gasteiger charge is -2.35. The van der Waals surface area contributed by atoms with Crippen molar-refractivity contribution in [2.75, 3.05) is 26.2 Å². The number of hydrogen-bond donors (Lipinski definition) is 0. The van der Waals surface area contributed by atoms with Gasteiger partial charge in [0.05, 0.1) is 0 Å². The lowest BCUT2D eigenvalue weighted by Crippen LogP contribution is -2.43. The van der Waals surface area contributed by atoms with Gasteiger partial charge in [-0.2, -0.15) is 0 Å². The van der Waals surface area contributed by atoms with Crippen molar-refractivity contribution in [3.63, 3.8) is 0 Å². The molecule has 1 aliphatic carbocycles. The Morgan fingerprint density at radius 1 is 0.727 bits per heavy atom. The van der Waals surface area contributed by atoms with Gasteiger partial charge in [-0.3, -0.25) is 9.59 Å². The minimum atomic E-state index is 0.288. The van der Waals surface area contributed by atoms with Crippen LogP contribution in [0.2, 0.25) is 0 Å². The third kappa shape index (κ3) is 3.82. The summed E-state index contributed by atoms with van der Waals surface area (Å²) in [5.41, 5.74) is 0. The average molecular weight is 306 g/mol. The maximum atomic E-state index is 12.5. The fourth-order valence-corrected chi connectivity index (χ4v) is 4.31. The Kier molecular flexibility index (Phi) is 5.37. The van der Waals surface area contributed by atoms with Crippen LogP contribution in [0.25, 0.3) is 0 Å². The van der Waals surface area contributed by atoms with Crippen molar-refractivity contribution in [1.29, 1.82) is 0 Å². The predicted molar refractivity (Wildman–Crippen MR) is 86.3 cm³/mol. The Morgan fingerprint density at radius 3 is 2.00 bits per heavy atom. The third-order valence-corrected chi connectivity index (χ3v) is 5.80. The second-order valence-corrected chi connectivity index (χ2v) is 7.40. The number of rotatable bonds is 3. The number of likely N-dealkylation sites (tertiary alicyclic amines) is 2. The third-order valence-electron chi connectivity index (χ3n) is 5.80. The zero-order valence-corrected chi connectivity index (χ0v) is 13.8. The van der Waals surface area contributed by atoms with Crippen LogP contribution in [0.3, 0.4) is 0 Å². The highest BCUT2D eigenvalue weighted by Gasteiger charge is 2.30. The second kappa shape index (κ2) is 7.47. The van der Waals surface area contributed by atoms with E-state index in [4.69, 9.17) is 0 Å². The standard InChI is InChI=1S/C18H30N2O2/c21-17(19-10-4-5-11-19)14-15-8-12-20(13-9-15)18(22)16-6-2-1-3-7-16/h15-16H,1-14H2. The molecule has 4 nitrogen and oxygen atoms in total. The van der Waals surface area contributed by atoms with Gasteiger partial charge in [0.15, 0.2) is 0 Å². The summed E-state index contributed by atoms with van der Waals surface area (Å²) in [7, 11) is 0. The molecule has 124 valence electrons. The average Bonchev–Trinajstić information content (AvgIpc) is 3.10. The van der Waals surface area contributed by atoms with E-state index in [0.717, 1.165) is 51.9 Å². The number of piperidine rings is 1. The van der Waals surface area contributed by atoms with Gasteiger partial charge >= 0.3 is 0 Å². The van der Waals surface area contributed by atoms with Crippen LogP contribution in [-0.4, -0.2) is 47.8 Å². The molecule has 0 aromatic carbocycles. The molecule has 2 amide bonds. The molecule has 1 saturated carbocycles. The first-order valence-electron chi connectivity index (χ1n) is 9.30. The van der Waals surface area contributed by atoms with Crippen LogP contribution in [0.1, 0.15) is 64.2 Å². The van der Waals surface area contributed by atoms with E-state index in [0.29, 0.717) is 24.2 Å². The summed E-state index contributed by atoms with van der Waals surface area (Å²) < 4.78 is 0. The fraction of sp³-hybridized carbons (Fsp3) is 0.889. The van der Waals surface area contributed by atoms with Gasteiger partial charge in [0.25, 0.3) is 0 Å². The summed E-state index contributed by atoms with van der Waals surface area (Å²) in [4.78, 5) is 28.9. The molecule has 0 radical (unpaired) electrons. The molecule has 22 heavy (non-hydrogen) atoms. The zero-order valence-electron chi connectivity index (χ0n) is 13.8. The minimum Gasteiger partial charge on any atom is -0.343 e. The number of nitrogens with zero attached hydrogens (tertiary/aromatic N) is 2. The molecule has 0 spiro atoms. The van der Waals surface area contributed by atoms with Gasteiger partial charge in [0.2, 0.25) is 11.8 Å². The molecule has 0 N–H and O–H groups in total. The summed E-state index contributed by atoms with van der Waals surface area (Å²) >= 11 is 0. The summed E-state index contributed by atoms with van der Waals surface area (Å²) in [6.07, 6.45) is 11.0. The van der Waals surface area contributed by atoms with E-state index in [-0.39, 0.29) is 5.92 Å². The first-order chi connectivity index (χ1) is 10.7. The molecule has 4 heteroatoms. The van der Waals surface area contributed by atoms with Crippen molar-refractivity contribution >= 4 is 11.8 Å². The number of carbonyl (C=O) groups is 2. The number of amides is 2. The maximum Gasteiger partial charge on any atom is 0.225 e. The molecule has 3 fully saturated rings. The Bertz CT molecular complexity index is 390. The van der Waals surface area contributed by atoms with Crippen molar-refractivity contribution in [3.05, 3.63) is 0 Å². The van der Waals surface area contributed by atoms with Crippen molar-refractivity contribution < 1.29 is 9.59 Å². The van der Waals surface area contributed by atoms with Gasteiger partial charge in [0, 0.05) is 38.5 Å². The molecule has 2 saturated heterocycles. The largest absolute Gasteiger partial charge is 0.343 e. The molecule has 0 aromatic rings. The maximum absolute atomic E-state index is 12.5. The predicted octanol–water partition coefficient (Wildman–Crippen LogP) is 2.82. The molecule has 3 rings (SSSR count). The number of hydrogen-bond acceptors (Lipinski definition) is 2. The van der Waals surface area contributed by atoms with E-state index in [2.05, 4.69) is 4.90 Å². The topological polar surface area (TPSA) is 40.6 Å². The lowest BCUT2D eigenvalue weighted by atomic mass is 9.86. The Labute approximate surface area is 134 Å². The van der Waals surface area contributed by atoms with Crippen LogP contribution in [0, 0.1) is 11.8 Å². The summed E-state index contributed by atoms with van der Waals surface area (Å²) in [6.45, 7) is 3.65. The van der Waals surface area contributed by atoms with E-state index >= 15 is 0 Å². The smallest absolute Gasteiger partial charge is 0.225 e. The van der Waals surface area contributed by atoms with E-state index in [1.54, 1.807) is 0 Å². The van der Waals surface area contributed by atoms with Crippen molar-refractivity contribution in [3.8, 4) is 0 Å². The molecule has 0 atom stereocenters. The highest BCUT2D eigenvalue weighted by molar-refractivity contribution is 5.79. The van der Waals surface area contributed by atoms with E-state index in [1.165, 1.54) is 32.1 Å². The van der Waals surface area contributed by atoms with Crippen LogP contribution in [-0.2, 0) is 9.59 Å². The Hall–Kier alpha value is -1.06. The SMILES string of the molecule is O=C(CC1CCN(C(=O)C2CCCCC2)CC1)N1CCCC1. The van der Waals surface area contributed by atoms with Gasteiger partial charge in [-0.1, -0.05) is 19.3 Å². The van der Waals surface area contributed by atoms with Crippen molar-refractivity contribution in [2.45, 2.75) is 64.2 Å². The van der Waals surface area contributed by atoms with Gasteiger partial charge in [0.1, 0.15) is 0 Å². The number of carbonyl (C=O) groups excluding carboxylic acids is 2. The van der Waals surface area contributed by atoms with Crippen molar-refractivity contribution in [2.24, 2.45) is 11.8 Å². The zero-order chi connectivity index (χ0) is 15.4.